The first-order valence-electron chi connectivity index (χ1n) is 11.1. The first-order chi connectivity index (χ1) is 15.2. The van der Waals surface area contributed by atoms with Crippen molar-refractivity contribution in [1.29, 1.82) is 0 Å². The molecule has 0 saturated carbocycles. The van der Waals surface area contributed by atoms with Crippen LogP contribution in [0.1, 0.15) is 31.4 Å². The minimum atomic E-state index is -1.02. The lowest BCUT2D eigenvalue weighted by Gasteiger charge is -2.33. The number of aromatic nitrogens is 2. The molecule has 8 nitrogen and oxygen atoms in total. The molecule has 1 aromatic carbocycles. The molecule has 3 aliphatic rings. The summed E-state index contributed by atoms with van der Waals surface area (Å²) in [5.74, 6) is 2.97. The van der Waals surface area contributed by atoms with Gasteiger partial charge in [-0.1, -0.05) is 0 Å². The van der Waals surface area contributed by atoms with E-state index in [1.54, 1.807) is 0 Å². The van der Waals surface area contributed by atoms with Crippen LogP contribution in [0.25, 0.3) is 0 Å². The third-order valence-electron chi connectivity index (χ3n) is 6.15. The van der Waals surface area contributed by atoms with Crippen LogP contribution in [-0.4, -0.2) is 58.4 Å². The minimum Gasteiger partial charge on any atom is -0.490 e. The second-order valence-corrected chi connectivity index (χ2v) is 9.86. The molecular weight excluding hydrogens is 414 g/mol. The van der Waals surface area contributed by atoms with Crippen molar-refractivity contribution in [3.8, 4) is 5.75 Å². The fourth-order valence-electron chi connectivity index (χ4n) is 4.37. The predicted molar refractivity (Wildman–Crippen MR) is 121 cm³/mol. The largest absolute Gasteiger partial charge is 0.490 e. The Labute approximate surface area is 185 Å². The predicted octanol–water partition coefficient (Wildman–Crippen LogP) is 2.36. The smallest absolute Gasteiger partial charge is 0.227 e. The summed E-state index contributed by atoms with van der Waals surface area (Å²) < 4.78 is 24.2. The number of benzene rings is 1. The molecule has 2 fully saturated rings. The number of piperidine rings is 1. The fourth-order valence-corrected chi connectivity index (χ4v) is 5.68. The van der Waals surface area contributed by atoms with Crippen molar-refractivity contribution in [2.45, 2.75) is 49.1 Å². The number of hydrogen-bond acceptors (Lipinski definition) is 8. The van der Waals surface area contributed by atoms with E-state index in [2.05, 4.69) is 10.2 Å². The Balaban J connectivity index is 1.28. The average molecular weight is 444 g/mol. The Bertz CT molecular complexity index is 941. The van der Waals surface area contributed by atoms with Crippen molar-refractivity contribution in [3.05, 3.63) is 30.0 Å². The van der Waals surface area contributed by atoms with Crippen LogP contribution in [-0.2, 0) is 22.0 Å². The molecule has 0 radical (unpaired) electrons. The van der Waals surface area contributed by atoms with Gasteiger partial charge >= 0.3 is 0 Å². The maximum absolute atomic E-state index is 12.6. The molecule has 31 heavy (non-hydrogen) atoms. The molecule has 2 saturated heterocycles. The summed E-state index contributed by atoms with van der Waals surface area (Å²) in [4.78, 5) is 12.7. The summed E-state index contributed by atoms with van der Waals surface area (Å²) in [6.45, 7) is 3.17. The van der Waals surface area contributed by atoms with E-state index in [4.69, 9.17) is 25.2 Å². The number of ether oxygens (including phenoxy) is 2. The van der Waals surface area contributed by atoms with Gasteiger partial charge in [0.25, 0.3) is 0 Å². The van der Waals surface area contributed by atoms with Crippen molar-refractivity contribution < 1.29 is 13.7 Å². The van der Waals surface area contributed by atoms with Gasteiger partial charge in [0.2, 0.25) is 5.95 Å². The Morgan fingerprint density at radius 1 is 1.10 bits per heavy atom. The van der Waals surface area contributed by atoms with Crippen molar-refractivity contribution in [2.24, 2.45) is 0 Å². The first-order valence-corrected chi connectivity index (χ1v) is 12.4. The highest BCUT2D eigenvalue weighted by molar-refractivity contribution is 7.85. The zero-order valence-corrected chi connectivity index (χ0v) is 18.4. The molecule has 1 atom stereocenters. The SMILES string of the molecule is Nc1ccc(OC2CCN(c3nc4c(c(NC5CCOCC5)n3)S(=O)CC4)CC2)cc1. The van der Waals surface area contributed by atoms with Gasteiger partial charge < -0.3 is 25.4 Å². The molecule has 5 rings (SSSR count). The van der Waals surface area contributed by atoms with E-state index in [0.29, 0.717) is 11.8 Å². The number of fused-ring (bicyclic) bond motifs is 1. The molecule has 0 amide bonds. The molecule has 9 heteroatoms. The van der Waals surface area contributed by atoms with Gasteiger partial charge in [-0.2, -0.15) is 4.98 Å². The van der Waals surface area contributed by atoms with E-state index in [-0.39, 0.29) is 6.10 Å². The fraction of sp³-hybridized carbons (Fsp3) is 0.545. The number of nitrogens with two attached hydrogens (primary N) is 1. The normalized spacial score (nSPS) is 22.3. The molecule has 166 valence electrons. The van der Waals surface area contributed by atoms with Gasteiger partial charge in [-0.3, -0.25) is 4.21 Å². The standard InChI is InChI=1S/C22H29N5O3S/c23-15-1-3-17(4-2-15)30-18-5-10-27(11-6-18)22-25-19-9-14-31(28)20(19)21(26-22)24-16-7-12-29-13-8-16/h1-4,16,18H,5-14,23H2,(H,24,25,26). The van der Waals surface area contributed by atoms with Crippen LogP contribution in [0.5, 0.6) is 5.75 Å². The second kappa shape index (κ2) is 9.00. The zero-order chi connectivity index (χ0) is 21.2. The number of hydrogen-bond donors (Lipinski definition) is 2. The molecule has 0 aliphatic carbocycles. The molecule has 1 aromatic heterocycles. The highest BCUT2D eigenvalue weighted by Crippen LogP contribution is 2.32. The lowest BCUT2D eigenvalue weighted by atomic mass is 10.1. The van der Waals surface area contributed by atoms with Gasteiger partial charge in [0, 0.05) is 63.0 Å². The van der Waals surface area contributed by atoms with E-state index < -0.39 is 10.8 Å². The Kier molecular flexibility index (Phi) is 5.95. The Morgan fingerprint density at radius 3 is 2.58 bits per heavy atom. The van der Waals surface area contributed by atoms with E-state index in [9.17, 15) is 4.21 Å². The van der Waals surface area contributed by atoms with Gasteiger partial charge in [-0.05, 0) is 37.1 Å². The maximum atomic E-state index is 12.6. The number of anilines is 3. The molecule has 2 aromatic rings. The summed E-state index contributed by atoms with van der Waals surface area (Å²) >= 11 is 0. The zero-order valence-electron chi connectivity index (χ0n) is 17.6. The number of aryl methyl sites for hydroxylation is 1. The van der Waals surface area contributed by atoms with Gasteiger partial charge in [0.15, 0.2) is 0 Å². The Hall–Kier alpha value is -2.39. The summed E-state index contributed by atoms with van der Waals surface area (Å²) in [5, 5.41) is 3.55. The third-order valence-corrected chi connectivity index (χ3v) is 7.60. The molecular formula is C22H29N5O3S. The highest BCUT2D eigenvalue weighted by atomic mass is 32.2. The lowest BCUT2D eigenvalue weighted by Crippen LogP contribution is -2.39. The molecule has 3 aliphatic heterocycles. The molecule has 3 N–H and O–H groups in total. The lowest BCUT2D eigenvalue weighted by molar-refractivity contribution is 0.0903. The van der Waals surface area contributed by atoms with Gasteiger partial charge in [0.05, 0.1) is 16.5 Å². The molecule has 0 spiro atoms. The van der Waals surface area contributed by atoms with Crippen LogP contribution in [0.2, 0.25) is 0 Å². The number of nitrogens with zero attached hydrogens (tertiary/aromatic N) is 3. The van der Waals surface area contributed by atoms with Crippen LogP contribution in [0, 0.1) is 0 Å². The minimum absolute atomic E-state index is 0.168. The van der Waals surface area contributed by atoms with Gasteiger partial charge in [-0.25, -0.2) is 4.98 Å². The van der Waals surface area contributed by atoms with E-state index in [1.165, 1.54) is 0 Å². The van der Waals surface area contributed by atoms with E-state index in [0.717, 1.165) is 92.2 Å². The summed E-state index contributed by atoms with van der Waals surface area (Å²) in [7, 11) is -1.02. The van der Waals surface area contributed by atoms with Crippen molar-refractivity contribution >= 4 is 28.3 Å². The summed E-state index contributed by atoms with van der Waals surface area (Å²) in [6.07, 6.45) is 4.60. The van der Waals surface area contributed by atoms with Gasteiger partial charge in [-0.15, -0.1) is 0 Å². The van der Waals surface area contributed by atoms with Crippen LogP contribution in [0.3, 0.4) is 0 Å². The molecule has 1 unspecified atom stereocenters. The van der Waals surface area contributed by atoms with Crippen LogP contribution < -0.4 is 20.7 Å². The van der Waals surface area contributed by atoms with Gasteiger partial charge in [0.1, 0.15) is 22.6 Å². The highest BCUT2D eigenvalue weighted by Gasteiger charge is 2.30. The van der Waals surface area contributed by atoms with Crippen LogP contribution >= 0.6 is 0 Å². The number of nitrogen functional groups attached to an aromatic ring is 1. The second-order valence-electron chi connectivity index (χ2n) is 8.35. The van der Waals surface area contributed by atoms with E-state index >= 15 is 0 Å². The first kappa shape index (κ1) is 20.5. The monoisotopic (exact) mass is 443 g/mol. The summed E-state index contributed by atoms with van der Waals surface area (Å²) in [5.41, 5.74) is 7.42. The van der Waals surface area contributed by atoms with Crippen LogP contribution in [0.4, 0.5) is 17.5 Å². The quantitative estimate of drug-likeness (QED) is 0.679. The van der Waals surface area contributed by atoms with Crippen molar-refractivity contribution in [1.82, 2.24) is 9.97 Å². The van der Waals surface area contributed by atoms with E-state index in [1.807, 2.05) is 24.3 Å². The van der Waals surface area contributed by atoms with Crippen molar-refractivity contribution in [2.75, 3.05) is 48.0 Å². The number of nitrogens with one attached hydrogen (secondary N) is 1. The Morgan fingerprint density at radius 2 is 1.84 bits per heavy atom. The van der Waals surface area contributed by atoms with Crippen molar-refractivity contribution in [3.63, 3.8) is 0 Å². The maximum Gasteiger partial charge on any atom is 0.227 e. The topological polar surface area (TPSA) is 103 Å². The number of rotatable bonds is 5. The third kappa shape index (κ3) is 4.62. The van der Waals surface area contributed by atoms with Crippen LogP contribution in [0.15, 0.2) is 29.2 Å². The molecule has 4 heterocycles. The summed E-state index contributed by atoms with van der Waals surface area (Å²) in [6, 6.07) is 7.86. The average Bonchev–Trinajstić information content (AvgIpc) is 3.17. The molecule has 0 bridgehead atoms.